The minimum atomic E-state index is -0.279. The molecule has 5 rings (SSSR count). The molecule has 2 aromatic rings. The molecular formula is C30H40N4O4. The molecule has 0 spiro atoms. The quantitative estimate of drug-likeness (QED) is 0.424. The Bertz CT molecular complexity index is 1080. The third-order valence-electron chi connectivity index (χ3n) is 7.96. The fourth-order valence-electron chi connectivity index (χ4n) is 5.71. The van der Waals surface area contributed by atoms with Gasteiger partial charge in [-0.2, -0.15) is 0 Å². The van der Waals surface area contributed by atoms with Gasteiger partial charge in [0.25, 0.3) is 0 Å². The number of Topliss-reactive ketones (excluding diaryl/α,β-unsaturated/α-hetero) is 1. The number of aliphatic hydroxyl groups excluding tert-OH is 1. The van der Waals surface area contributed by atoms with Crippen LogP contribution in [-0.4, -0.2) is 84.6 Å². The van der Waals surface area contributed by atoms with Crippen molar-refractivity contribution < 1.29 is 19.4 Å². The molecule has 8 heteroatoms. The van der Waals surface area contributed by atoms with E-state index in [-0.39, 0.29) is 25.3 Å². The van der Waals surface area contributed by atoms with E-state index in [0.717, 1.165) is 71.1 Å². The van der Waals surface area contributed by atoms with E-state index in [9.17, 15) is 9.90 Å². The average molecular weight is 521 g/mol. The summed E-state index contributed by atoms with van der Waals surface area (Å²) in [5.41, 5.74) is 4.72. The molecule has 38 heavy (non-hydrogen) atoms. The van der Waals surface area contributed by atoms with Gasteiger partial charge < -0.3 is 24.4 Å². The molecule has 2 aliphatic heterocycles. The Labute approximate surface area is 225 Å². The van der Waals surface area contributed by atoms with Crippen LogP contribution in [0.1, 0.15) is 60.0 Å². The molecule has 3 aliphatic rings. The first-order valence-electron chi connectivity index (χ1n) is 14.1. The van der Waals surface area contributed by atoms with Gasteiger partial charge in [0, 0.05) is 51.7 Å². The number of carbonyl (C=O) groups is 1. The van der Waals surface area contributed by atoms with Crippen LogP contribution in [0.25, 0.3) is 5.57 Å². The van der Waals surface area contributed by atoms with Crippen LogP contribution in [-0.2, 0) is 15.9 Å². The standard InChI is InChI=1S/C30H40N4O4/c35-17-16-33(13-12-25-9-8-24-5-1-2-6-27(24)25)21-23-10-14-34(15-11-23)30-31-19-26(20-32-30)28(36)22-38-29-7-3-4-18-37-29/h1-2,5-6,9,19-20,23,29,35H,3-4,7-8,10-18,21-22H2. The van der Waals surface area contributed by atoms with Crippen LogP contribution in [0.5, 0.6) is 0 Å². The van der Waals surface area contributed by atoms with E-state index in [1.807, 2.05) is 0 Å². The summed E-state index contributed by atoms with van der Waals surface area (Å²) in [6, 6.07) is 8.68. The molecule has 1 aromatic carbocycles. The zero-order chi connectivity index (χ0) is 26.2. The molecule has 1 aromatic heterocycles. The minimum absolute atomic E-state index is 0.00704. The number of carbonyl (C=O) groups excluding carboxylic acids is 1. The lowest BCUT2D eigenvalue weighted by molar-refractivity contribution is -0.155. The summed E-state index contributed by atoms with van der Waals surface area (Å²) in [6.07, 6.45) is 12.4. The van der Waals surface area contributed by atoms with Gasteiger partial charge in [-0.15, -0.1) is 0 Å². The fourth-order valence-corrected chi connectivity index (χ4v) is 5.71. The monoisotopic (exact) mass is 520 g/mol. The van der Waals surface area contributed by atoms with Crippen LogP contribution in [0.4, 0.5) is 5.95 Å². The van der Waals surface area contributed by atoms with E-state index in [2.05, 4.69) is 50.1 Å². The highest BCUT2D eigenvalue weighted by atomic mass is 16.7. The zero-order valence-corrected chi connectivity index (χ0v) is 22.3. The first kappa shape index (κ1) is 26.9. The molecule has 1 atom stereocenters. The highest BCUT2D eigenvalue weighted by molar-refractivity contribution is 5.96. The van der Waals surface area contributed by atoms with Gasteiger partial charge >= 0.3 is 0 Å². The van der Waals surface area contributed by atoms with Gasteiger partial charge in [-0.1, -0.05) is 30.3 Å². The Kier molecular flexibility index (Phi) is 9.52. The average Bonchev–Trinajstić information content (AvgIpc) is 3.39. The highest BCUT2D eigenvalue weighted by Gasteiger charge is 2.24. The van der Waals surface area contributed by atoms with Gasteiger partial charge in [0.15, 0.2) is 12.1 Å². The normalized spacial score (nSPS) is 20.0. The van der Waals surface area contributed by atoms with Crippen molar-refractivity contribution >= 4 is 17.3 Å². The molecule has 204 valence electrons. The summed E-state index contributed by atoms with van der Waals surface area (Å²) in [7, 11) is 0. The first-order chi connectivity index (χ1) is 18.7. The maximum absolute atomic E-state index is 12.5. The number of piperidine rings is 1. The molecule has 2 saturated heterocycles. The summed E-state index contributed by atoms with van der Waals surface area (Å²) in [5.74, 6) is 1.14. The Morgan fingerprint density at radius 2 is 1.92 bits per heavy atom. The van der Waals surface area contributed by atoms with Crippen molar-refractivity contribution in [3.8, 4) is 0 Å². The molecule has 1 N–H and O–H groups in total. The van der Waals surface area contributed by atoms with Crippen molar-refractivity contribution in [1.29, 1.82) is 0 Å². The van der Waals surface area contributed by atoms with Crippen LogP contribution in [0.2, 0.25) is 0 Å². The number of fused-ring (bicyclic) bond motifs is 1. The lowest BCUT2D eigenvalue weighted by Gasteiger charge is -2.35. The van der Waals surface area contributed by atoms with Crippen LogP contribution >= 0.6 is 0 Å². The van der Waals surface area contributed by atoms with Crippen molar-refractivity contribution in [1.82, 2.24) is 14.9 Å². The first-order valence-corrected chi connectivity index (χ1v) is 14.1. The van der Waals surface area contributed by atoms with Gasteiger partial charge in [0.05, 0.1) is 12.2 Å². The Hall–Kier alpha value is -2.65. The predicted molar refractivity (Wildman–Crippen MR) is 147 cm³/mol. The summed E-state index contributed by atoms with van der Waals surface area (Å²) in [5, 5.41) is 9.65. The second-order valence-corrected chi connectivity index (χ2v) is 10.6. The summed E-state index contributed by atoms with van der Waals surface area (Å²) in [4.78, 5) is 26.1. The SMILES string of the molecule is O=C(COC1CCCCO1)c1cnc(N2CCC(CN(CCO)CCC3=CCc4ccccc43)CC2)nc1. The van der Waals surface area contributed by atoms with E-state index in [0.29, 0.717) is 30.6 Å². The number of aliphatic hydroxyl groups is 1. The molecule has 0 saturated carbocycles. The number of rotatable bonds is 12. The van der Waals surface area contributed by atoms with Crippen molar-refractivity contribution in [2.24, 2.45) is 5.92 Å². The van der Waals surface area contributed by atoms with Gasteiger partial charge in [-0.05, 0) is 67.6 Å². The molecule has 3 heterocycles. The topological polar surface area (TPSA) is 88.0 Å². The molecule has 1 unspecified atom stereocenters. The molecule has 0 radical (unpaired) electrons. The van der Waals surface area contributed by atoms with E-state index >= 15 is 0 Å². The van der Waals surface area contributed by atoms with Crippen LogP contribution in [0.15, 0.2) is 42.7 Å². The lowest BCUT2D eigenvalue weighted by atomic mass is 9.96. The van der Waals surface area contributed by atoms with Crippen molar-refractivity contribution in [2.45, 2.75) is 51.2 Å². The number of anilines is 1. The smallest absolute Gasteiger partial charge is 0.225 e. The summed E-state index contributed by atoms with van der Waals surface area (Å²) in [6.45, 7) is 5.35. The second-order valence-electron chi connectivity index (χ2n) is 10.6. The summed E-state index contributed by atoms with van der Waals surface area (Å²) < 4.78 is 11.1. The molecular weight excluding hydrogens is 480 g/mol. The number of ether oxygens (including phenoxy) is 2. The number of allylic oxidation sites excluding steroid dienone is 1. The van der Waals surface area contributed by atoms with Crippen molar-refractivity contribution in [3.05, 3.63) is 59.4 Å². The third kappa shape index (κ3) is 7.05. The Morgan fingerprint density at radius 1 is 1.11 bits per heavy atom. The molecule has 0 bridgehead atoms. The lowest BCUT2D eigenvalue weighted by Crippen LogP contribution is -2.40. The van der Waals surface area contributed by atoms with E-state index in [1.54, 1.807) is 12.4 Å². The van der Waals surface area contributed by atoms with E-state index < -0.39 is 0 Å². The van der Waals surface area contributed by atoms with Crippen molar-refractivity contribution in [3.63, 3.8) is 0 Å². The minimum Gasteiger partial charge on any atom is -0.395 e. The van der Waals surface area contributed by atoms with Gasteiger partial charge in [-0.3, -0.25) is 4.79 Å². The second kappa shape index (κ2) is 13.4. The third-order valence-corrected chi connectivity index (χ3v) is 7.96. The predicted octanol–water partition coefficient (Wildman–Crippen LogP) is 3.74. The Balaban J connectivity index is 1.06. The van der Waals surface area contributed by atoms with Crippen LogP contribution in [0, 0.1) is 5.92 Å². The number of ketones is 1. The maximum Gasteiger partial charge on any atom is 0.225 e. The Morgan fingerprint density at radius 3 is 2.68 bits per heavy atom. The van der Waals surface area contributed by atoms with Gasteiger partial charge in [-0.25, -0.2) is 9.97 Å². The van der Waals surface area contributed by atoms with E-state index in [1.165, 1.54) is 16.7 Å². The number of nitrogens with zero attached hydrogens (tertiary/aromatic N) is 4. The molecule has 8 nitrogen and oxygen atoms in total. The largest absolute Gasteiger partial charge is 0.395 e. The maximum atomic E-state index is 12.5. The molecule has 1 aliphatic carbocycles. The van der Waals surface area contributed by atoms with Gasteiger partial charge in [0.2, 0.25) is 5.95 Å². The van der Waals surface area contributed by atoms with E-state index in [4.69, 9.17) is 9.47 Å². The van der Waals surface area contributed by atoms with Gasteiger partial charge in [0.1, 0.15) is 6.61 Å². The van der Waals surface area contributed by atoms with Crippen LogP contribution in [0.3, 0.4) is 0 Å². The molecule has 2 fully saturated rings. The molecule has 0 amide bonds. The summed E-state index contributed by atoms with van der Waals surface area (Å²) >= 11 is 0. The number of hydrogen-bond donors (Lipinski definition) is 1. The van der Waals surface area contributed by atoms with Crippen LogP contribution < -0.4 is 4.90 Å². The number of hydrogen-bond acceptors (Lipinski definition) is 8. The van der Waals surface area contributed by atoms with Crippen molar-refractivity contribution in [2.75, 3.05) is 57.4 Å². The fraction of sp³-hybridized carbons (Fsp3) is 0.567. The highest BCUT2D eigenvalue weighted by Crippen LogP contribution is 2.30. The number of aromatic nitrogens is 2. The zero-order valence-electron chi connectivity index (χ0n) is 22.3. The number of benzene rings is 1.